The van der Waals surface area contributed by atoms with Gasteiger partial charge in [-0.1, -0.05) is 6.08 Å². The van der Waals surface area contributed by atoms with Gasteiger partial charge in [-0.2, -0.15) is 0 Å². The monoisotopic (exact) mass is 203 g/mol. The van der Waals surface area contributed by atoms with Crippen LogP contribution in [0.3, 0.4) is 0 Å². The molecule has 1 unspecified atom stereocenters. The van der Waals surface area contributed by atoms with E-state index in [2.05, 4.69) is 18.0 Å². The van der Waals surface area contributed by atoms with Crippen LogP contribution in [0.25, 0.3) is 0 Å². The van der Waals surface area contributed by atoms with E-state index in [1.54, 1.807) is 0 Å². The van der Waals surface area contributed by atoms with Crippen molar-refractivity contribution in [2.75, 3.05) is 18.2 Å². The van der Waals surface area contributed by atoms with E-state index in [1.807, 2.05) is 24.1 Å². The van der Waals surface area contributed by atoms with Crippen LogP contribution in [0.2, 0.25) is 0 Å². The number of rotatable bonds is 4. The minimum Gasteiger partial charge on any atom is -0.291 e. The molecule has 0 aromatic carbocycles. The van der Waals surface area contributed by atoms with E-state index < -0.39 is 0 Å². The quantitative estimate of drug-likeness (QED) is 0.506. The summed E-state index contributed by atoms with van der Waals surface area (Å²) in [5.74, 6) is 1.88. The number of aliphatic imine (C=N–C) groups is 1. The van der Waals surface area contributed by atoms with Crippen LogP contribution in [0, 0.1) is 0 Å². The van der Waals surface area contributed by atoms with E-state index in [0.717, 1.165) is 24.6 Å². The molecule has 1 aliphatic rings. The van der Waals surface area contributed by atoms with E-state index in [1.165, 1.54) is 0 Å². The number of hydrogen-bond acceptors (Lipinski definition) is 2. The van der Waals surface area contributed by atoms with Gasteiger partial charge >= 0.3 is 0 Å². The smallest absolute Gasteiger partial charge is 0.0569 e. The fourth-order valence-corrected chi connectivity index (χ4v) is 2.44. The molecule has 0 aliphatic carbocycles. The van der Waals surface area contributed by atoms with Crippen molar-refractivity contribution < 1.29 is 0 Å². The fourth-order valence-electron chi connectivity index (χ4n) is 1.05. The first-order valence-electron chi connectivity index (χ1n) is 4.14. The Morgan fingerprint density at radius 1 is 1.67 bits per heavy atom. The number of nitrogens with zero attached hydrogens (tertiary/aromatic N) is 1. The predicted molar refractivity (Wildman–Crippen MR) is 58.7 cm³/mol. The molecule has 1 nitrogen and oxygen atoms in total. The summed E-state index contributed by atoms with van der Waals surface area (Å²) in [4.78, 5) is 4.24. The molecule has 1 rings (SSSR count). The second-order valence-electron chi connectivity index (χ2n) is 3.05. The summed E-state index contributed by atoms with van der Waals surface area (Å²) in [6.45, 7) is 3.12. The van der Waals surface area contributed by atoms with Gasteiger partial charge in [0.05, 0.1) is 11.3 Å². The number of dihydropyridines is 1. The molecule has 0 saturated heterocycles. The van der Waals surface area contributed by atoms with E-state index >= 15 is 0 Å². The maximum absolute atomic E-state index is 5.60. The van der Waals surface area contributed by atoms with Crippen LogP contribution in [0.1, 0.15) is 13.3 Å². The average Bonchev–Trinajstić information content (AvgIpc) is 2.06. The molecular weight excluding hydrogens is 190 g/mol. The Balaban J connectivity index is 2.29. The largest absolute Gasteiger partial charge is 0.291 e. The van der Waals surface area contributed by atoms with Crippen molar-refractivity contribution in [3.63, 3.8) is 0 Å². The third-order valence-electron chi connectivity index (χ3n) is 1.76. The highest BCUT2D eigenvalue weighted by Crippen LogP contribution is 2.28. The SMILES string of the molecule is CC1(SCCCCl)C=CC=NC1. The highest BCUT2D eigenvalue weighted by atomic mass is 35.5. The second-order valence-corrected chi connectivity index (χ2v) is 5.06. The van der Waals surface area contributed by atoms with Crippen molar-refractivity contribution in [1.29, 1.82) is 0 Å². The van der Waals surface area contributed by atoms with E-state index in [0.29, 0.717) is 0 Å². The number of allylic oxidation sites excluding steroid dienone is 1. The molecule has 0 aromatic heterocycles. The molecular formula is C9H14ClNS. The molecule has 0 N–H and O–H groups in total. The van der Waals surface area contributed by atoms with Gasteiger partial charge in [-0.15, -0.1) is 23.4 Å². The molecule has 0 fully saturated rings. The summed E-state index contributed by atoms with van der Waals surface area (Å²) in [5, 5.41) is 0. The first-order chi connectivity index (χ1) is 5.77. The maximum atomic E-state index is 5.60. The molecule has 12 heavy (non-hydrogen) atoms. The third-order valence-corrected chi connectivity index (χ3v) is 3.44. The molecule has 1 aliphatic heterocycles. The first-order valence-corrected chi connectivity index (χ1v) is 5.66. The Hall–Kier alpha value is 0.0500. The lowest BCUT2D eigenvalue weighted by molar-refractivity contribution is 0.792. The molecule has 68 valence electrons. The summed E-state index contributed by atoms with van der Waals surface area (Å²) in [5.41, 5.74) is 0. The average molecular weight is 204 g/mol. The van der Waals surface area contributed by atoms with Crippen LogP contribution in [0.15, 0.2) is 17.1 Å². The zero-order valence-electron chi connectivity index (χ0n) is 7.29. The predicted octanol–water partition coefficient (Wildman–Crippen LogP) is 2.75. The molecule has 0 saturated carbocycles. The van der Waals surface area contributed by atoms with Crippen LogP contribution in [0.4, 0.5) is 0 Å². The lowest BCUT2D eigenvalue weighted by Gasteiger charge is -2.24. The van der Waals surface area contributed by atoms with Gasteiger partial charge in [0, 0.05) is 12.1 Å². The summed E-state index contributed by atoms with van der Waals surface area (Å²) in [7, 11) is 0. The summed E-state index contributed by atoms with van der Waals surface area (Å²) >= 11 is 7.54. The van der Waals surface area contributed by atoms with Gasteiger partial charge in [0.25, 0.3) is 0 Å². The molecule has 0 aromatic rings. The molecule has 1 heterocycles. The molecule has 3 heteroatoms. The van der Waals surface area contributed by atoms with Crippen molar-refractivity contribution in [3.8, 4) is 0 Å². The van der Waals surface area contributed by atoms with E-state index in [4.69, 9.17) is 11.6 Å². The summed E-state index contributed by atoms with van der Waals surface area (Å²) < 4.78 is 0.209. The Kier molecular flexibility index (Phi) is 4.16. The molecule has 0 spiro atoms. The Bertz CT molecular complexity index is 191. The first kappa shape index (κ1) is 10.1. The van der Waals surface area contributed by atoms with Gasteiger partial charge in [-0.25, -0.2) is 0 Å². The number of thioether (sulfide) groups is 1. The lowest BCUT2D eigenvalue weighted by Crippen LogP contribution is -2.23. The Morgan fingerprint density at radius 2 is 2.50 bits per heavy atom. The van der Waals surface area contributed by atoms with Crippen molar-refractivity contribution in [2.24, 2.45) is 4.99 Å². The van der Waals surface area contributed by atoms with Crippen molar-refractivity contribution in [1.82, 2.24) is 0 Å². The van der Waals surface area contributed by atoms with Gasteiger partial charge in [-0.05, 0) is 25.2 Å². The van der Waals surface area contributed by atoms with E-state index in [9.17, 15) is 0 Å². The van der Waals surface area contributed by atoms with Gasteiger partial charge in [-0.3, -0.25) is 4.99 Å². The highest BCUT2D eigenvalue weighted by Gasteiger charge is 2.21. The van der Waals surface area contributed by atoms with Crippen LogP contribution in [0.5, 0.6) is 0 Å². The van der Waals surface area contributed by atoms with Crippen LogP contribution < -0.4 is 0 Å². The molecule has 1 atom stereocenters. The summed E-state index contributed by atoms with van der Waals surface area (Å²) in [6.07, 6.45) is 7.19. The van der Waals surface area contributed by atoms with Gasteiger partial charge < -0.3 is 0 Å². The standard InChI is InChI=1S/C9H14ClNS/c1-9(12-7-3-5-10)4-2-6-11-8-9/h2,4,6H,3,5,7-8H2,1H3. The van der Waals surface area contributed by atoms with Crippen LogP contribution in [-0.4, -0.2) is 29.1 Å². The number of alkyl halides is 1. The lowest BCUT2D eigenvalue weighted by atomic mass is 10.1. The van der Waals surface area contributed by atoms with Crippen LogP contribution in [-0.2, 0) is 0 Å². The topological polar surface area (TPSA) is 12.4 Å². The van der Waals surface area contributed by atoms with Crippen LogP contribution >= 0.6 is 23.4 Å². The molecule has 0 bridgehead atoms. The van der Waals surface area contributed by atoms with Gasteiger partial charge in [0.1, 0.15) is 0 Å². The van der Waals surface area contributed by atoms with Gasteiger partial charge in [0.15, 0.2) is 0 Å². The summed E-state index contributed by atoms with van der Waals surface area (Å²) in [6, 6.07) is 0. The highest BCUT2D eigenvalue weighted by molar-refractivity contribution is 8.00. The molecule has 0 radical (unpaired) electrons. The third kappa shape index (κ3) is 3.20. The number of halogens is 1. The van der Waals surface area contributed by atoms with Crippen molar-refractivity contribution in [3.05, 3.63) is 12.2 Å². The maximum Gasteiger partial charge on any atom is 0.0569 e. The fraction of sp³-hybridized carbons (Fsp3) is 0.667. The van der Waals surface area contributed by atoms with Crippen molar-refractivity contribution >= 4 is 29.6 Å². The Morgan fingerprint density at radius 3 is 3.08 bits per heavy atom. The van der Waals surface area contributed by atoms with Gasteiger partial charge in [0.2, 0.25) is 0 Å². The molecule has 0 amide bonds. The zero-order chi connectivity index (χ0) is 8.86. The number of hydrogen-bond donors (Lipinski definition) is 0. The second kappa shape index (κ2) is 4.93. The Labute approximate surface area is 83.3 Å². The van der Waals surface area contributed by atoms with Crippen molar-refractivity contribution in [2.45, 2.75) is 18.1 Å². The minimum atomic E-state index is 0.209. The normalized spacial score (nSPS) is 27.8. The zero-order valence-corrected chi connectivity index (χ0v) is 8.87. The van der Waals surface area contributed by atoms with E-state index in [-0.39, 0.29) is 4.75 Å². The minimum absolute atomic E-state index is 0.209.